The molecule has 0 bridgehead atoms. The van der Waals surface area contributed by atoms with E-state index in [0.717, 1.165) is 24.6 Å². The van der Waals surface area contributed by atoms with Crippen molar-refractivity contribution >= 4 is 5.82 Å². The lowest BCUT2D eigenvalue weighted by molar-refractivity contribution is 0.461. The first-order chi connectivity index (χ1) is 9.92. The molecule has 1 aliphatic heterocycles. The summed E-state index contributed by atoms with van der Waals surface area (Å²) in [6.07, 6.45) is 6.22. The summed E-state index contributed by atoms with van der Waals surface area (Å²) in [7, 11) is 0. The Morgan fingerprint density at radius 3 is 3.00 bits per heavy atom. The van der Waals surface area contributed by atoms with Gasteiger partial charge in [0.05, 0.1) is 12.2 Å². The Morgan fingerprint density at radius 1 is 1.20 bits per heavy atom. The van der Waals surface area contributed by atoms with E-state index in [2.05, 4.69) is 32.7 Å². The average Bonchev–Trinajstić information content (AvgIpc) is 2.55. The van der Waals surface area contributed by atoms with Crippen molar-refractivity contribution in [3.05, 3.63) is 54.0 Å². The van der Waals surface area contributed by atoms with Gasteiger partial charge >= 0.3 is 0 Å². The molecule has 0 amide bonds. The Kier molecular flexibility index (Phi) is 4.23. The lowest BCUT2D eigenvalue weighted by Crippen LogP contribution is -2.28. The molecule has 2 aromatic heterocycles. The van der Waals surface area contributed by atoms with Crippen LogP contribution in [0.5, 0.6) is 0 Å². The number of anilines is 1. The third-order valence-electron chi connectivity index (χ3n) is 3.73. The van der Waals surface area contributed by atoms with Crippen LogP contribution >= 0.6 is 0 Å². The summed E-state index contributed by atoms with van der Waals surface area (Å²) in [5.74, 6) is 1.54. The number of aromatic nitrogens is 2. The molecule has 0 unspecified atom stereocenters. The van der Waals surface area contributed by atoms with Gasteiger partial charge in [0.1, 0.15) is 5.82 Å². The monoisotopic (exact) mass is 268 g/mol. The van der Waals surface area contributed by atoms with Gasteiger partial charge in [0.25, 0.3) is 0 Å². The molecule has 0 aromatic carbocycles. The fourth-order valence-corrected chi connectivity index (χ4v) is 2.62. The molecule has 4 nitrogen and oxygen atoms in total. The summed E-state index contributed by atoms with van der Waals surface area (Å²) >= 11 is 0. The summed E-state index contributed by atoms with van der Waals surface area (Å²) in [6.45, 7) is 2.93. The van der Waals surface area contributed by atoms with Gasteiger partial charge < -0.3 is 10.6 Å². The van der Waals surface area contributed by atoms with E-state index in [1.165, 1.54) is 18.4 Å². The topological polar surface area (TPSA) is 49.8 Å². The van der Waals surface area contributed by atoms with Crippen LogP contribution in [-0.4, -0.2) is 23.1 Å². The second kappa shape index (κ2) is 6.48. The molecule has 0 spiro atoms. The fourth-order valence-electron chi connectivity index (χ4n) is 2.62. The molecule has 0 radical (unpaired) electrons. The van der Waals surface area contributed by atoms with E-state index < -0.39 is 0 Å². The Balaban J connectivity index is 1.65. The van der Waals surface area contributed by atoms with E-state index in [4.69, 9.17) is 0 Å². The molecule has 2 aromatic rings. The van der Waals surface area contributed by atoms with Gasteiger partial charge in [-0.15, -0.1) is 0 Å². The molecule has 2 N–H and O–H groups in total. The number of nitrogens with zero attached hydrogens (tertiary/aromatic N) is 2. The Hall–Kier alpha value is -1.94. The number of rotatable bonds is 4. The molecule has 1 fully saturated rings. The SMILES string of the molecule is c1ccc(CNc2cc([C@H]3CCCNC3)ccn2)nc1. The van der Waals surface area contributed by atoms with Gasteiger partial charge in [-0.2, -0.15) is 0 Å². The number of hydrogen-bond acceptors (Lipinski definition) is 4. The molecule has 4 heteroatoms. The van der Waals surface area contributed by atoms with Crippen LogP contribution in [0.15, 0.2) is 42.7 Å². The third-order valence-corrected chi connectivity index (χ3v) is 3.73. The van der Waals surface area contributed by atoms with Crippen molar-refractivity contribution < 1.29 is 0 Å². The lowest BCUT2D eigenvalue weighted by atomic mass is 9.92. The maximum atomic E-state index is 4.39. The van der Waals surface area contributed by atoms with E-state index in [0.29, 0.717) is 12.5 Å². The van der Waals surface area contributed by atoms with Crippen molar-refractivity contribution in [2.75, 3.05) is 18.4 Å². The van der Waals surface area contributed by atoms with Crippen LogP contribution in [0, 0.1) is 0 Å². The van der Waals surface area contributed by atoms with Crippen LogP contribution in [0.4, 0.5) is 5.82 Å². The highest BCUT2D eigenvalue weighted by Gasteiger charge is 2.15. The van der Waals surface area contributed by atoms with Crippen molar-refractivity contribution in [2.24, 2.45) is 0 Å². The molecule has 1 aliphatic rings. The molecule has 0 aliphatic carbocycles. The predicted molar refractivity (Wildman–Crippen MR) is 80.6 cm³/mol. The van der Waals surface area contributed by atoms with Crippen LogP contribution in [0.25, 0.3) is 0 Å². The first-order valence-electron chi connectivity index (χ1n) is 7.22. The molecule has 1 atom stereocenters. The number of hydrogen-bond donors (Lipinski definition) is 2. The molecule has 0 saturated carbocycles. The van der Waals surface area contributed by atoms with Gasteiger partial charge in [0.15, 0.2) is 0 Å². The second-order valence-corrected chi connectivity index (χ2v) is 5.19. The van der Waals surface area contributed by atoms with E-state index in [1.54, 1.807) is 0 Å². The van der Waals surface area contributed by atoms with Crippen molar-refractivity contribution in [3.8, 4) is 0 Å². The molecule has 3 heterocycles. The van der Waals surface area contributed by atoms with Crippen LogP contribution in [0.1, 0.15) is 30.0 Å². The summed E-state index contributed by atoms with van der Waals surface area (Å²) in [5.41, 5.74) is 2.40. The molecule has 3 rings (SSSR count). The molecule has 1 saturated heterocycles. The van der Waals surface area contributed by atoms with E-state index in [9.17, 15) is 0 Å². The van der Waals surface area contributed by atoms with Crippen molar-refractivity contribution in [1.29, 1.82) is 0 Å². The highest BCUT2D eigenvalue weighted by atomic mass is 15.0. The van der Waals surface area contributed by atoms with Crippen molar-refractivity contribution in [3.63, 3.8) is 0 Å². The molecule has 104 valence electrons. The van der Waals surface area contributed by atoms with Crippen molar-refractivity contribution in [1.82, 2.24) is 15.3 Å². The van der Waals surface area contributed by atoms with Crippen LogP contribution < -0.4 is 10.6 Å². The van der Waals surface area contributed by atoms with Gasteiger partial charge in [-0.1, -0.05) is 6.07 Å². The Bertz CT molecular complexity index is 535. The predicted octanol–water partition coefficient (Wildman–Crippen LogP) is 2.56. The lowest BCUT2D eigenvalue weighted by Gasteiger charge is -2.23. The zero-order valence-corrected chi connectivity index (χ0v) is 11.5. The van der Waals surface area contributed by atoms with Gasteiger partial charge in [-0.3, -0.25) is 4.98 Å². The molecular weight excluding hydrogens is 248 g/mol. The average molecular weight is 268 g/mol. The fraction of sp³-hybridized carbons (Fsp3) is 0.375. The normalized spacial score (nSPS) is 18.7. The van der Waals surface area contributed by atoms with Crippen LogP contribution in [0.3, 0.4) is 0 Å². The third kappa shape index (κ3) is 3.33. The maximum Gasteiger partial charge on any atom is 0.126 e. The minimum absolute atomic E-state index is 0.613. The maximum absolute atomic E-state index is 4.39. The highest BCUT2D eigenvalue weighted by molar-refractivity contribution is 5.39. The Morgan fingerprint density at radius 2 is 2.20 bits per heavy atom. The van der Waals surface area contributed by atoms with Gasteiger partial charge in [-0.25, -0.2) is 4.98 Å². The number of pyridine rings is 2. The number of nitrogens with one attached hydrogen (secondary N) is 2. The first kappa shape index (κ1) is 13.1. The largest absolute Gasteiger partial charge is 0.364 e. The van der Waals surface area contributed by atoms with Gasteiger partial charge in [0, 0.05) is 18.9 Å². The van der Waals surface area contributed by atoms with Gasteiger partial charge in [-0.05, 0) is 55.1 Å². The second-order valence-electron chi connectivity index (χ2n) is 5.19. The smallest absolute Gasteiger partial charge is 0.126 e. The highest BCUT2D eigenvalue weighted by Crippen LogP contribution is 2.24. The van der Waals surface area contributed by atoms with E-state index >= 15 is 0 Å². The standard InChI is InChI=1S/C16H20N4/c1-2-8-18-15(5-1)12-20-16-10-13(6-9-19-16)14-4-3-7-17-11-14/h1-2,5-6,8-10,14,17H,3-4,7,11-12H2,(H,19,20)/t14-/m0/s1. The van der Waals surface area contributed by atoms with Gasteiger partial charge in [0.2, 0.25) is 0 Å². The first-order valence-corrected chi connectivity index (χ1v) is 7.22. The van der Waals surface area contributed by atoms with Crippen LogP contribution in [0.2, 0.25) is 0 Å². The van der Waals surface area contributed by atoms with Crippen molar-refractivity contribution in [2.45, 2.75) is 25.3 Å². The quantitative estimate of drug-likeness (QED) is 0.894. The molecule has 20 heavy (non-hydrogen) atoms. The van der Waals surface area contributed by atoms with E-state index in [-0.39, 0.29) is 0 Å². The van der Waals surface area contributed by atoms with E-state index in [1.807, 2.05) is 30.6 Å². The minimum atomic E-state index is 0.613. The minimum Gasteiger partial charge on any atom is -0.364 e. The summed E-state index contributed by atoms with van der Waals surface area (Å²) in [5, 5.41) is 6.81. The number of piperidine rings is 1. The summed E-state index contributed by atoms with van der Waals surface area (Å²) in [4.78, 5) is 8.70. The molecular formula is C16H20N4. The zero-order chi connectivity index (χ0) is 13.6. The zero-order valence-electron chi connectivity index (χ0n) is 11.5. The Labute approximate surface area is 119 Å². The van der Waals surface area contributed by atoms with Crippen LogP contribution in [-0.2, 0) is 6.54 Å². The summed E-state index contributed by atoms with van der Waals surface area (Å²) < 4.78 is 0. The summed E-state index contributed by atoms with van der Waals surface area (Å²) in [6, 6.07) is 10.2.